The number of aromatic amines is 1. The Morgan fingerprint density at radius 1 is 1.55 bits per heavy atom. The number of urea groups is 1. The van der Waals surface area contributed by atoms with Crippen molar-refractivity contribution in [3.8, 4) is 0 Å². The Hall–Kier alpha value is -1.77. The molecule has 20 heavy (non-hydrogen) atoms. The lowest BCUT2D eigenvalue weighted by molar-refractivity contribution is -0.132. The van der Waals surface area contributed by atoms with E-state index in [1.165, 1.54) is 4.90 Å². The van der Waals surface area contributed by atoms with E-state index in [-0.39, 0.29) is 12.5 Å². The summed E-state index contributed by atoms with van der Waals surface area (Å²) in [5, 5.41) is 9.16. The van der Waals surface area contributed by atoms with E-state index in [0.717, 1.165) is 5.75 Å². The molecule has 0 spiro atoms. The van der Waals surface area contributed by atoms with Crippen molar-refractivity contribution in [3.63, 3.8) is 0 Å². The van der Waals surface area contributed by atoms with E-state index in [2.05, 4.69) is 20.5 Å². The Labute approximate surface area is 121 Å². The van der Waals surface area contributed by atoms with Crippen molar-refractivity contribution in [2.24, 2.45) is 5.73 Å². The molecule has 1 unspecified atom stereocenters. The van der Waals surface area contributed by atoms with Gasteiger partial charge in [-0.1, -0.05) is 0 Å². The van der Waals surface area contributed by atoms with Crippen LogP contribution in [0, 0.1) is 6.92 Å². The molecule has 0 radical (unpaired) electrons. The van der Waals surface area contributed by atoms with Crippen LogP contribution in [-0.2, 0) is 11.3 Å². The largest absolute Gasteiger partial charge is 0.352 e. The summed E-state index contributed by atoms with van der Waals surface area (Å²) in [6, 6.07) is -1.32. The molecule has 0 aliphatic carbocycles. The molecule has 0 aromatic carbocycles. The van der Waals surface area contributed by atoms with E-state index in [4.69, 9.17) is 5.73 Å². The van der Waals surface area contributed by atoms with Crippen molar-refractivity contribution in [1.82, 2.24) is 25.4 Å². The second kappa shape index (κ2) is 7.73. The van der Waals surface area contributed by atoms with Crippen LogP contribution < -0.4 is 11.1 Å². The van der Waals surface area contributed by atoms with Crippen LogP contribution in [0.5, 0.6) is 0 Å². The van der Waals surface area contributed by atoms with Gasteiger partial charge in [0.05, 0.1) is 6.54 Å². The third kappa shape index (κ3) is 5.08. The lowest BCUT2D eigenvalue weighted by Gasteiger charge is -2.23. The SMILES string of the molecule is CSCCC(NC(N)=O)C(=O)N(C)Cc1n[nH]c(C)n1. The van der Waals surface area contributed by atoms with Gasteiger partial charge >= 0.3 is 6.03 Å². The molecule has 0 bridgehead atoms. The lowest BCUT2D eigenvalue weighted by Crippen LogP contribution is -2.49. The van der Waals surface area contributed by atoms with Crippen LogP contribution in [0.2, 0.25) is 0 Å². The third-order valence-corrected chi connectivity index (χ3v) is 3.27. The zero-order valence-electron chi connectivity index (χ0n) is 11.8. The van der Waals surface area contributed by atoms with Crippen molar-refractivity contribution in [2.75, 3.05) is 19.1 Å². The number of hydrogen-bond donors (Lipinski definition) is 3. The van der Waals surface area contributed by atoms with Gasteiger partial charge in [0.15, 0.2) is 5.82 Å². The molecule has 0 saturated carbocycles. The summed E-state index contributed by atoms with van der Waals surface area (Å²) in [5.74, 6) is 1.76. The van der Waals surface area contributed by atoms with Crippen molar-refractivity contribution in [2.45, 2.75) is 25.9 Å². The molecule has 112 valence electrons. The predicted octanol–water partition coefficient (Wildman–Crippen LogP) is -0.138. The number of likely N-dealkylation sites (N-methyl/N-ethyl adjacent to an activating group) is 1. The molecule has 0 saturated heterocycles. The summed E-state index contributed by atoms with van der Waals surface area (Å²) in [7, 11) is 1.64. The van der Waals surface area contributed by atoms with Gasteiger partial charge in [-0.2, -0.15) is 16.9 Å². The van der Waals surface area contributed by atoms with Crippen LogP contribution in [0.25, 0.3) is 0 Å². The van der Waals surface area contributed by atoms with Gasteiger partial charge in [-0.05, 0) is 25.4 Å². The van der Waals surface area contributed by atoms with Gasteiger partial charge in [0.1, 0.15) is 11.9 Å². The maximum absolute atomic E-state index is 12.3. The number of carbonyl (C=O) groups is 2. The van der Waals surface area contributed by atoms with E-state index in [1.54, 1.807) is 25.7 Å². The summed E-state index contributed by atoms with van der Waals surface area (Å²) in [6.07, 6.45) is 2.46. The van der Waals surface area contributed by atoms with E-state index in [9.17, 15) is 9.59 Å². The number of hydrogen-bond acceptors (Lipinski definition) is 5. The van der Waals surface area contributed by atoms with E-state index >= 15 is 0 Å². The summed E-state index contributed by atoms with van der Waals surface area (Å²) in [5.41, 5.74) is 5.10. The first kappa shape index (κ1) is 16.3. The highest BCUT2D eigenvalue weighted by molar-refractivity contribution is 7.98. The van der Waals surface area contributed by atoms with Crippen molar-refractivity contribution in [1.29, 1.82) is 0 Å². The first-order valence-electron chi connectivity index (χ1n) is 6.11. The molecular formula is C11H20N6O2S. The van der Waals surface area contributed by atoms with Gasteiger partial charge in [0, 0.05) is 7.05 Å². The zero-order valence-corrected chi connectivity index (χ0v) is 12.7. The number of H-pyrrole nitrogens is 1. The smallest absolute Gasteiger partial charge is 0.312 e. The van der Waals surface area contributed by atoms with Gasteiger partial charge < -0.3 is 16.0 Å². The summed E-state index contributed by atoms with van der Waals surface area (Å²) < 4.78 is 0. The molecule has 1 aromatic heterocycles. The Bertz CT molecular complexity index is 464. The first-order chi connectivity index (χ1) is 9.43. The molecule has 4 N–H and O–H groups in total. The molecule has 1 heterocycles. The molecule has 1 atom stereocenters. The van der Waals surface area contributed by atoms with Gasteiger partial charge in [0.25, 0.3) is 0 Å². The fourth-order valence-electron chi connectivity index (χ4n) is 1.68. The molecule has 0 fully saturated rings. The maximum atomic E-state index is 12.3. The van der Waals surface area contributed by atoms with Gasteiger partial charge in [-0.3, -0.25) is 9.89 Å². The maximum Gasteiger partial charge on any atom is 0.312 e. The molecule has 3 amide bonds. The Morgan fingerprint density at radius 3 is 2.75 bits per heavy atom. The Kier molecular flexibility index (Phi) is 6.29. The number of rotatable bonds is 7. The number of thioether (sulfide) groups is 1. The fraction of sp³-hybridized carbons (Fsp3) is 0.636. The van der Waals surface area contributed by atoms with Crippen LogP contribution in [0.15, 0.2) is 0 Å². The molecular weight excluding hydrogens is 280 g/mol. The fourth-order valence-corrected chi connectivity index (χ4v) is 2.15. The number of nitrogens with one attached hydrogen (secondary N) is 2. The average molecular weight is 300 g/mol. The number of amides is 3. The van der Waals surface area contributed by atoms with E-state index < -0.39 is 12.1 Å². The Balaban J connectivity index is 2.64. The predicted molar refractivity (Wildman–Crippen MR) is 77.1 cm³/mol. The van der Waals surface area contributed by atoms with Crippen LogP contribution in [0.4, 0.5) is 4.79 Å². The molecule has 1 rings (SSSR count). The molecule has 9 heteroatoms. The van der Waals surface area contributed by atoms with Crippen molar-refractivity contribution >= 4 is 23.7 Å². The normalized spacial score (nSPS) is 11.9. The Morgan fingerprint density at radius 2 is 2.25 bits per heavy atom. The third-order valence-electron chi connectivity index (χ3n) is 2.62. The molecule has 0 aliphatic heterocycles. The zero-order chi connectivity index (χ0) is 15.1. The van der Waals surface area contributed by atoms with Gasteiger partial charge in [0.2, 0.25) is 5.91 Å². The lowest BCUT2D eigenvalue weighted by atomic mass is 10.2. The highest BCUT2D eigenvalue weighted by atomic mass is 32.2. The number of nitrogens with zero attached hydrogens (tertiary/aromatic N) is 3. The average Bonchev–Trinajstić information content (AvgIpc) is 2.78. The second-order valence-electron chi connectivity index (χ2n) is 4.37. The van der Waals surface area contributed by atoms with E-state index in [1.807, 2.05) is 6.26 Å². The minimum atomic E-state index is -0.702. The monoisotopic (exact) mass is 300 g/mol. The highest BCUT2D eigenvalue weighted by Gasteiger charge is 2.23. The summed E-state index contributed by atoms with van der Waals surface area (Å²) in [6.45, 7) is 2.06. The highest BCUT2D eigenvalue weighted by Crippen LogP contribution is 2.06. The standard InChI is InChI=1S/C11H20N6O2S/c1-7-13-9(16-15-7)6-17(2)10(18)8(4-5-20-3)14-11(12)19/h8H,4-6H2,1-3H3,(H3,12,14,19)(H,13,15,16). The van der Waals surface area contributed by atoms with Crippen molar-refractivity contribution in [3.05, 3.63) is 11.6 Å². The minimum Gasteiger partial charge on any atom is -0.352 e. The number of primary amides is 1. The number of aromatic nitrogens is 3. The number of nitrogens with two attached hydrogens (primary N) is 1. The first-order valence-corrected chi connectivity index (χ1v) is 7.51. The van der Waals surface area contributed by atoms with Crippen LogP contribution in [-0.4, -0.2) is 57.1 Å². The number of aryl methyl sites for hydroxylation is 1. The van der Waals surface area contributed by atoms with Crippen molar-refractivity contribution < 1.29 is 9.59 Å². The van der Waals surface area contributed by atoms with E-state index in [0.29, 0.717) is 18.1 Å². The second-order valence-corrected chi connectivity index (χ2v) is 5.36. The van der Waals surface area contributed by atoms with Gasteiger partial charge in [-0.15, -0.1) is 0 Å². The topological polar surface area (TPSA) is 117 Å². The molecule has 8 nitrogen and oxygen atoms in total. The summed E-state index contributed by atoms with van der Waals surface area (Å²) >= 11 is 1.60. The quantitative estimate of drug-likeness (QED) is 0.648. The summed E-state index contributed by atoms with van der Waals surface area (Å²) in [4.78, 5) is 28.9. The van der Waals surface area contributed by atoms with Crippen LogP contribution in [0.1, 0.15) is 18.1 Å². The molecule has 1 aromatic rings. The minimum absolute atomic E-state index is 0.208. The number of carbonyl (C=O) groups excluding carboxylic acids is 2. The van der Waals surface area contributed by atoms with Crippen LogP contribution in [0.3, 0.4) is 0 Å². The molecule has 0 aliphatic rings. The van der Waals surface area contributed by atoms with Gasteiger partial charge in [-0.25, -0.2) is 9.78 Å². The van der Waals surface area contributed by atoms with Crippen LogP contribution >= 0.6 is 11.8 Å².